The van der Waals surface area contributed by atoms with E-state index < -0.39 is 178 Å². The molecule has 0 radical (unpaired) electrons. The lowest BCUT2D eigenvalue weighted by Gasteiger charge is -2.67. The van der Waals surface area contributed by atoms with Gasteiger partial charge in [-0.2, -0.15) is 0 Å². The average molecular weight is 1320 g/mol. The van der Waals surface area contributed by atoms with Gasteiger partial charge in [-0.1, -0.05) is 86.6 Å². The third kappa shape index (κ3) is 10.6. The summed E-state index contributed by atoms with van der Waals surface area (Å²) in [6, 6.07) is 27.4. The van der Waals surface area contributed by atoms with Gasteiger partial charge >= 0.3 is 35.8 Å². The number of esters is 6. The number of fused-ring (bicyclic) bond motifs is 11. The summed E-state index contributed by atoms with van der Waals surface area (Å²) in [5.41, 5.74) is -11.9. The van der Waals surface area contributed by atoms with Crippen molar-refractivity contribution in [2.24, 2.45) is 16.7 Å². The molecule has 12 unspecified atom stereocenters. The van der Waals surface area contributed by atoms with Crippen LogP contribution in [-0.4, -0.2) is 134 Å². The van der Waals surface area contributed by atoms with Crippen LogP contribution >= 0.6 is 0 Å². The molecule has 25 heteroatoms. The normalized spacial score (nSPS) is 26.2. The molecule has 2 bridgehead atoms. The summed E-state index contributed by atoms with van der Waals surface area (Å²) in [6.07, 6.45) is -12.3. The van der Waals surface area contributed by atoms with Gasteiger partial charge in [-0.3, -0.25) is 24.0 Å². The van der Waals surface area contributed by atoms with Crippen molar-refractivity contribution in [1.29, 1.82) is 0 Å². The van der Waals surface area contributed by atoms with Gasteiger partial charge in [0.1, 0.15) is 47.6 Å². The number of carbonyl (C=O) groups excluding carboxylic acids is 9. The van der Waals surface area contributed by atoms with Crippen molar-refractivity contribution >= 4 is 53.4 Å². The Balaban J connectivity index is 0.919. The van der Waals surface area contributed by atoms with Crippen LogP contribution in [-0.2, 0) is 62.7 Å². The molecular weight excluding hydrogens is 1250 g/mol. The highest BCUT2D eigenvalue weighted by atomic mass is 19.1. The van der Waals surface area contributed by atoms with E-state index in [1.54, 1.807) is 54.6 Å². The molecule has 0 aromatic heterocycles. The molecule has 2 saturated carbocycles. The largest absolute Gasteiger partial charge is 0.505 e. The number of aliphatic hydroxyl groups excluding tert-OH is 1. The number of aromatic hydroxyl groups is 2. The Labute approximate surface area is 546 Å². The summed E-state index contributed by atoms with van der Waals surface area (Å²) in [4.78, 5) is 131. The van der Waals surface area contributed by atoms with Crippen LogP contribution in [0.25, 0.3) is 0 Å². The van der Waals surface area contributed by atoms with Crippen molar-refractivity contribution in [3.8, 4) is 23.0 Å². The molecule has 1 spiro atoms. The smallest absolute Gasteiger partial charge is 0.340 e. The molecule has 6 aromatic carbocycles. The Morgan fingerprint density at radius 2 is 1.26 bits per heavy atom. The van der Waals surface area contributed by atoms with Gasteiger partial charge < -0.3 is 69.0 Å². The SMILES string of the molecule is CC(=O)OC1C(=O)C2(C)C(OC(=O)C(C)NC(=O)c3ccc4c(c3)C(=O)OC43c4cc(F)c(O)cc4Oc4cc(O)c(F)cc43)CC3OCC3(OC(C)=O)C2C(OC(=O)c2ccccc2)C2(O)CC(OC(=O)C(O)C(NC(=O)c3ccccc3)c3ccccc3)C(C)=C1C2(C)C. The third-order valence-electron chi connectivity index (χ3n) is 19.6. The molecule has 6 aliphatic rings. The van der Waals surface area contributed by atoms with Gasteiger partial charge in [0.2, 0.25) is 0 Å². The molecule has 1 saturated heterocycles. The van der Waals surface area contributed by atoms with Gasteiger partial charge in [-0.25, -0.2) is 28.0 Å². The lowest BCUT2D eigenvalue weighted by molar-refractivity contribution is -0.346. The summed E-state index contributed by atoms with van der Waals surface area (Å²) in [6.45, 7) is 8.46. The number of amides is 2. The lowest BCUT2D eigenvalue weighted by Crippen LogP contribution is -2.82. The van der Waals surface area contributed by atoms with Gasteiger partial charge in [0.25, 0.3) is 11.8 Å². The Bertz CT molecular complexity index is 4240. The maximum atomic E-state index is 16.6. The van der Waals surface area contributed by atoms with E-state index >= 15 is 13.6 Å². The summed E-state index contributed by atoms with van der Waals surface area (Å²) >= 11 is 0. The number of aliphatic hydroxyl groups is 2. The summed E-state index contributed by atoms with van der Waals surface area (Å²) in [5, 5.41) is 52.2. The topological polar surface area (TPSA) is 332 Å². The molecule has 2 amide bonds. The van der Waals surface area contributed by atoms with E-state index in [9.17, 15) is 58.8 Å². The van der Waals surface area contributed by atoms with E-state index in [0.29, 0.717) is 0 Å². The molecule has 12 atom stereocenters. The highest BCUT2D eigenvalue weighted by Crippen LogP contribution is 2.65. The number of ketones is 1. The number of Topliss-reactive ketones (excluding diaryl/α,β-unsaturated/α-hetero) is 1. The van der Waals surface area contributed by atoms with Gasteiger partial charge in [-0.15, -0.1) is 0 Å². The standard InChI is InChI=1S/C71H64F2N2O21/c1-33-51(92-66(87)56(80)55(37-17-11-8-12-18-37)75-61(82)38-19-13-9-14-20-38)31-70(88)60(94-64(85)39-21-15-10-16-22-39)58-68(7,59(81)57(90-35(3)76)54(33)67(70,5)6)52(30-53-69(58,32-89-53)95-36(4)77)93-63(84)34(2)74-62(83)40-23-24-42-41(25-40)65(86)96-71(42)43-26-45(72)47(78)28-49(43)91-50-29-48(79)46(73)27-44(50)71/h8-29,34,51-53,55-58,60,78-80,88H,30-32H2,1-7H3,(H,74,83)(H,75,82). The molecule has 6 aromatic rings. The predicted molar refractivity (Wildman–Crippen MR) is 326 cm³/mol. The van der Waals surface area contributed by atoms with E-state index in [2.05, 4.69) is 10.6 Å². The average Bonchev–Trinajstić information content (AvgIpc) is 0.749. The number of benzene rings is 6. The second-order valence-electron chi connectivity index (χ2n) is 25.5. The van der Waals surface area contributed by atoms with Crippen LogP contribution in [0.3, 0.4) is 0 Å². The second kappa shape index (κ2) is 24.1. The predicted octanol–water partition coefficient (Wildman–Crippen LogP) is 7.36. The molecule has 23 nitrogen and oxygen atoms in total. The molecule has 3 fully saturated rings. The minimum absolute atomic E-state index is 0.0191. The van der Waals surface area contributed by atoms with Crippen molar-refractivity contribution in [2.75, 3.05) is 6.61 Å². The molecule has 3 aliphatic carbocycles. The Kier molecular flexibility index (Phi) is 16.5. The summed E-state index contributed by atoms with van der Waals surface area (Å²) in [7, 11) is 0. The van der Waals surface area contributed by atoms with E-state index in [1.165, 1.54) is 83.1 Å². The number of nitrogens with one attached hydrogen (secondary N) is 2. The van der Waals surface area contributed by atoms with Crippen molar-refractivity contribution in [3.05, 3.63) is 201 Å². The number of hydrogen-bond acceptors (Lipinski definition) is 21. The van der Waals surface area contributed by atoms with Crippen molar-refractivity contribution < 1.29 is 110 Å². The fraction of sp³-hybridized carbons (Fsp3) is 0.338. The highest BCUT2D eigenvalue weighted by molar-refractivity contribution is 6.03. The number of ether oxygens (including phenoxy) is 8. The molecular formula is C71H64F2N2O21. The first-order valence-corrected chi connectivity index (χ1v) is 30.6. The molecule has 6 N–H and O–H groups in total. The molecule has 498 valence electrons. The van der Waals surface area contributed by atoms with Crippen LogP contribution in [0.2, 0.25) is 0 Å². The molecule has 3 aliphatic heterocycles. The number of phenols is 2. The zero-order chi connectivity index (χ0) is 68.9. The minimum Gasteiger partial charge on any atom is -0.505 e. The van der Waals surface area contributed by atoms with Gasteiger partial charge in [0.15, 0.2) is 52.3 Å². The zero-order valence-corrected chi connectivity index (χ0v) is 52.5. The van der Waals surface area contributed by atoms with E-state index in [1.807, 2.05) is 0 Å². The van der Waals surface area contributed by atoms with Crippen LogP contribution < -0.4 is 15.4 Å². The Morgan fingerprint density at radius 3 is 1.83 bits per heavy atom. The van der Waals surface area contributed by atoms with E-state index in [4.69, 9.17) is 37.9 Å². The first-order chi connectivity index (χ1) is 45.5. The third-order valence-corrected chi connectivity index (χ3v) is 19.6. The summed E-state index contributed by atoms with van der Waals surface area (Å²) < 4.78 is 79.8. The first kappa shape index (κ1) is 65.7. The fourth-order valence-electron chi connectivity index (χ4n) is 14.8. The minimum atomic E-state index is -2.65. The lowest BCUT2D eigenvalue weighted by atomic mass is 9.44. The van der Waals surface area contributed by atoms with Crippen LogP contribution in [0, 0.1) is 28.4 Å². The highest BCUT2D eigenvalue weighted by Gasteiger charge is 2.79. The summed E-state index contributed by atoms with van der Waals surface area (Å²) in [5.74, 6) is -15.8. The molecule has 12 rings (SSSR count). The van der Waals surface area contributed by atoms with E-state index in [-0.39, 0.29) is 67.2 Å². The van der Waals surface area contributed by atoms with Crippen LogP contribution in [0.5, 0.6) is 23.0 Å². The van der Waals surface area contributed by atoms with E-state index in [0.717, 1.165) is 44.2 Å². The van der Waals surface area contributed by atoms with Gasteiger partial charge in [0.05, 0.1) is 46.2 Å². The number of hydrogen-bond donors (Lipinski definition) is 6. The molecule has 3 heterocycles. The van der Waals surface area contributed by atoms with Crippen LogP contribution in [0.1, 0.15) is 131 Å². The van der Waals surface area contributed by atoms with Gasteiger partial charge in [0, 0.05) is 60.9 Å². The van der Waals surface area contributed by atoms with Crippen LogP contribution in [0.4, 0.5) is 8.78 Å². The van der Waals surface area contributed by atoms with Gasteiger partial charge in [-0.05, 0) is 86.0 Å². The van der Waals surface area contributed by atoms with Crippen molar-refractivity contribution in [2.45, 2.75) is 127 Å². The monoisotopic (exact) mass is 1320 g/mol. The maximum Gasteiger partial charge on any atom is 0.340 e. The zero-order valence-electron chi connectivity index (χ0n) is 52.5. The quantitative estimate of drug-likeness (QED) is 0.0352. The first-order valence-electron chi connectivity index (χ1n) is 30.6. The fourth-order valence-corrected chi connectivity index (χ4v) is 14.8. The molecule has 96 heavy (non-hydrogen) atoms. The van der Waals surface area contributed by atoms with Crippen molar-refractivity contribution in [1.82, 2.24) is 10.6 Å². The number of carbonyl (C=O) groups is 9. The number of rotatable bonds is 14. The number of halogens is 2. The van der Waals surface area contributed by atoms with Crippen LogP contribution in [0.15, 0.2) is 145 Å². The second-order valence-corrected chi connectivity index (χ2v) is 25.5. The maximum absolute atomic E-state index is 16.6. The van der Waals surface area contributed by atoms with Crippen molar-refractivity contribution in [3.63, 3.8) is 0 Å². The Morgan fingerprint density at radius 1 is 0.677 bits per heavy atom. The number of phenolic OH excluding ortho intramolecular Hbond substituents is 2. The Hall–Kier alpha value is -10.4.